The first-order valence-corrected chi connectivity index (χ1v) is 6.57. The van der Waals surface area contributed by atoms with E-state index in [2.05, 4.69) is 17.2 Å². The molecule has 102 valence electrons. The summed E-state index contributed by atoms with van der Waals surface area (Å²) >= 11 is 6.00. The van der Waals surface area contributed by atoms with Crippen molar-refractivity contribution < 1.29 is 4.39 Å². The molecule has 0 aliphatic carbocycles. The first kappa shape index (κ1) is 14.0. The van der Waals surface area contributed by atoms with Crippen molar-refractivity contribution in [1.29, 1.82) is 0 Å². The highest BCUT2D eigenvalue weighted by molar-refractivity contribution is 6.31. The number of hydrogen-bond donors (Lipinski definition) is 1. The molecule has 1 aromatic carbocycles. The van der Waals surface area contributed by atoms with E-state index in [0.29, 0.717) is 11.4 Å². The molecule has 1 heterocycles. The smallest absolute Gasteiger partial charge is 0.124 e. The molecule has 0 saturated carbocycles. The molecule has 4 nitrogen and oxygen atoms in total. The average molecular weight is 283 g/mol. The van der Waals surface area contributed by atoms with Gasteiger partial charge in [0.1, 0.15) is 5.82 Å². The van der Waals surface area contributed by atoms with Crippen LogP contribution in [0.4, 0.5) is 4.39 Å². The highest BCUT2D eigenvalue weighted by atomic mass is 35.5. The number of aryl methyl sites for hydroxylation is 1. The van der Waals surface area contributed by atoms with Gasteiger partial charge < -0.3 is 5.73 Å². The summed E-state index contributed by atoms with van der Waals surface area (Å²) < 4.78 is 14.8. The van der Waals surface area contributed by atoms with E-state index < -0.39 is 0 Å². The zero-order chi connectivity index (χ0) is 13.8. The van der Waals surface area contributed by atoms with Crippen molar-refractivity contribution in [2.24, 2.45) is 5.73 Å². The van der Waals surface area contributed by atoms with Crippen LogP contribution >= 0.6 is 11.6 Å². The van der Waals surface area contributed by atoms with Crippen molar-refractivity contribution in [3.05, 3.63) is 46.5 Å². The second-order valence-corrected chi connectivity index (χ2v) is 4.84. The van der Waals surface area contributed by atoms with Gasteiger partial charge in [0.05, 0.1) is 17.9 Å². The normalized spacial score (nSPS) is 12.6. The summed E-state index contributed by atoms with van der Waals surface area (Å²) in [6, 6.07) is 4.08. The van der Waals surface area contributed by atoms with Gasteiger partial charge >= 0.3 is 0 Å². The summed E-state index contributed by atoms with van der Waals surface area (Å²) in [5.41, 5.74) is 7.84. The zero-order valence-electron chi connectivity index (χ0n) is 10.7. The highest BCUT2D eigenvalue weighted by Gasteiger charge is 2.15. The Labute approximate surface area is 116 Å². The number of rotatable bonds is 5. The van der Waals surface area contributed by atoms with E-state index in [-0.39, 0.29) is 11.9 Å². The lowest BCUT2D eigenvalue weighted by Gasteiger charge is -2.14. The fraction of sp³-hybridized carbons (Fsp3) is 0.385. The number of aromatic nitrogens is 3. The molecule has 0 aliphatic heterocycles. The maximum absolute atomic E-state index is 13.0. The third-order valence-corrected chi connectivity index (χ3v) is 3.27. The van der Waals surface area contributed by atoms with Crippen molar-refractivity contribution in [1.82, 2.24) is 15.0 Å². The molecule has 0 radical (unpaired) electrons. The molecule has 6 heteroatoms. The van der Waals surface area contributed by atoms with Crippen molar-refractivity contribution in [3.63, 3.8) is 0 Å². The molecule has 2 aromatic rings. The van der Waals surface area contributed by atoms with Crippen LogP contribution in [0, 0.1) is 5.82 Å². The maximum atomic E-state index is 13.0. The van der Waals surface area contributed by atoms with Gasteiger partial charge in [-0.15, -0.1) is 5.10 Å². The van der Waals surface area contributed by atoms with Gasteiger partial charge in [0.15, 0.2) is 0 Å². The van der Waals surface area contributed by atoms with Crippen molar-refractivity contribution in [3.8, 4) is 0 Å². The minimum atomic E-state index is -0.347. The molecule has 0 amide bonds. The Morgan fingerprint density at radius 3 is 2.95 bits per heavy atom. The molecular weight excluding hydrogens is 267 g/mol. The summed E-state index contributed by atoms with van der Waals surface area (Å²) in [5, 5.41) is 8.27. The van der Waals surface area contributed by atoms with Crippen LogP contribution < -0.4 is 5.73 Å². The first-order valence-electron chi connectivity index (χ1n) is 6.19. The van der Waals surface area contributed by atoms with E-state index in [9.17, 15) is 4.39 Å². The lowest BCUT2D eigenvalue weighted by molar-refractivity contribution is 0.525. The molecule has 1 aromatic heterocycles. The molecule has 0 fully saturated rings. The lowest BCUT2D eigenvalue weighted by atomic mass is 10.0. The van der Waals surface area contributed by atoms with E-state index in [1.165, 1.54) is 12.1 Å². The van der Waals surface area contributed by atoms with Crippen LogP contribution in [0.15, 0.2) is 24.4 Å². The van der Waals surface area contributed by atoms with Gasteiger partial charge in [-0.1, -0.05) is 29.8 Å². The minimum absolute atomic E-state index is 0.260. The van der Waals surface area contributed by atoms with E-state index in [1.807, 2.05) is 0 Å². The van der Waals surface area contributed by atoms with Crippen LogP contribution in [-0.4, -0.2) is 15.0 Å². The summed E-state index contributed by atoms with van der Waals surface area (Å²) in [4.78, 5) is 0. The van der Waals surface area contributed by atoms with E-state index >= 15 is 0 Å². The van der Waals surface area contributed by atoms with Gasteiger partial charge in [-0.25, -0.2) is 9.07 Å². The Balaban J connectivity index is 2.16. The Kier molecular flexibility index (Phi) is 4.50. The summed E-state index contributed by atoms with van der Waals surface area (Å²) in [6.45, 7) is 2.84. The van der Waals surface area contributed by atoms with Gasteiger partial charge in [-0.2, -0.15) is 0 Å². The van der Waals surface area contributed by atoms with Crippen molar-refractivity contribution in [2.45, 2.75) is 32.4 Å². The molecule has 0 bridgehead atoms. The predicted octanol–water partition coefficient (Wildman–Crippen LogP) is 2.72. The number of nitrogens with zero attached hydrogens (tertiary/aromatic N) is 3. The fourth-order valence-electron chi connectivity index (χ4n) is 1.97. The van der Waals surface area contributed by atoms with Crippen LogP contribution in [0.3, 0.4) is 0 Å². The molecule has 0 saturated heterocycles. The monoisotopic (exact) mass is 282 g/mol. The summed E-state index contributed by atoms with van der Waals surface area (Å²) in [7, 11) is 0. The molecule has 1 atom stereocenters. The number of nitrogens with two attached hydrogens (primary N) is 1. The molecule has 2 N–H and O–H groups in total. The van der Waals surface area contributed by atoms with Crippen LogP contribution in [0.5, 0.6) is 0 Å². The van der Waals surface area contributed by atoms with E-state index in [0.717, 1.165) is 24.2 Å². The molecule has 1 unspecified atom stereocenters. The number of benzene rings is 1. The first-order chi connectivity index (χ1) is 9.11. The lowest BCUT2D eigenvalue weighted by Crippen LogP contribution is -2.18. The van der Waals surface area contributed by atoms with Gasteiger partial charge in [0, 0.05) is 11.6 Å². The number of hydrogen-bond acceptors (Lipinski definition) is 3. The Bertz CT molecular complexity index is 555. The fourth-order valence-corrected chi connectivity index (χ4v) is 2.21. The molecule has 0 aliphatic rings. The molecule has 19 heavy (non-hydrogen) atoms. The van der Waals surface area contributed by atoms with Crippen molar-refractivity contribution in [2.75, 3.05) is 0 Å². The Morgan fingerprint density at radius 1 is 1.47 bits per heavy atom. The average Bonchev–Trinajstić information content (AvgIpc) is 2.81. The van der Waals surface area contributed by atoms with Crippen LogP contribution in [0.1, 0.15) is 30.6 Å². The molecule has 2 rings (SSSR count). The summed E-state index contributed by atoms with van der Waals surface area (Å²) in [5.74, 6) is -0.347. The van der Waals surface area contributed by atoms with Crippen LogP contribution in [0.25, 0.3) is 0 Å². The third kappa shape index (κ3) is 3.30. The highest BCUT2D eigenvalue weighted by Crippen LogP contribution is 2.22. The number of halogens is 2. The second kappa shape index (κ2) is 6.12. The van der Waals surface area contributed by atoms with Gasteiger partial charge in [0.2, 0.25) is 0 Å². The third-order valence-electron chi connectivity index (χ3n) is 2.92. The quantitative estimate of drug-likeness (QED) is 0.917. The van der Waals surface area contributed by atoms with E-state index in [1.54, 1.807) is 16.9 Å². The zero-order valence-corrected chi connectivity index (χ0v) is 11.4. The second-order valence-electron chi connectivity index (χ2n) is 4.43. The topological polar surface area (TPSA) is 56.7 Å². The van der Waals surface area contributed by atoms with Gasteiger partial charge in [0.25, 0.3) is 0 Å². The largest absolute Gasteiger partial charge is 0.322 e. The molecular formula is C13H16ClFN4. The van der Waals surface area contributed by atoms with Crippen LogP contribution in [0.2, 0.25) is 5.02 Å². The Morgan fingerprint density at radius 2 is 2.26 bits per heavy atom. The summed E-state index contributed by atoms with van der Waals surface area (Å²) in [6.07, 6.45) is 3.15. The van der Waals surface area contributed by atoms with Gasteiger partial charge in [-0.3, -0.25) is 0 Å². The van der Waals surface area contributed by atoms with Crippen molar-refractivity contribution >= 4 is 11.6 Å². The molecule has 0 spiro atoms. The standard InChI is InChI=1S/C13H16ClFN4/c1-2-5-19-13(8-17-18-19)12(16)6-9-3-4-10(15)7-11(9)14/h3-4,7-8,12H,2,5-6,16H2,1H3. The SMILES string of the molecule is CCCn1nncc1C(N)Cc1ccc(F)cc1Cl. The van der Waals surface area contributed by atoms with Gasteiger partial charge in [-0.05, 0) is 30.5 Å². The van der Waals surface area contributed by atoms with E-state index in [4.69, 9.17) is 17.3 Å². The minimum Gasteiger partial charge on any atom is -0.322 e. The Hall–Kier alpha value is -1.46. The van der Waals surface area contributed by atoms with Crippen LogP contribution in [-0.2, 0) is 13.0 Å². The maximum Gasteiger partial charge on any atom is 0.124 e. The predicted molar refractivity (Wildman–Crippen MR) is 72.4 cm³/mol.